The maximum absolute atomic E-state index is 13.0. The smallest absolute Gasteiger partial charge is 0.224 e. The Bertz CT molecular complexity index is 1060. The van der Waals surface area contributed by atoms with Crippen molar-refractivity contribution in [3.8, 4) is 17.0 Å². The van der Waals surface area contributed by atoms with Gasteiger partial charge in [-0.3, -0.25) is 9.59 Å². The second-order valence-electron chi connectivity index (χ2n) is 6.79. The first kappa shape index (κ1) is 17.9. The quantitative estimate of drug-likeness (QED) is 0.681. The van der Waals surface area contributed by atoms with E-state index in [1.54, 1.807) is 24.3 Å². The minimum Gasteiger partial charge on any atom is -0.481 e. The average Bonchev–Trinajstić information content (AvgIpc) is 2.71. The molecule has 0 aliphatic carbocycles. The topological polar surface area (TPSA) is 59.5 Å². The Kier molecular flexibility index (Phi) is 4.65. The first-order valence-corrected chi connectivity index (χ1v) is 9.09. The number of aromatic nitrogens is 1. The van der Waals surface area contributed by atoms with Crippen LogP contribution in [0.25, 0.3) is 11.1 Å². The third kappa shape index (κ3) is 3.27. The van der Waals surface area contributed by atoms with E-state index in [0.29, 0.717) is 30.1 Å². The zero-order valence-electron chi connectivity index (χ0n) is 15.8. The Morgan fingerprint density at radius 1 is 1.04 bits per heavy atom. The van der Waals surface area contributed by atoms with Crippen LogP contribution >= 0.6 is 0 Å². The van der Waals surface area contributed by atoms with Crippen LogP contribution in [0.4, 0.5) is 5.69 Å². The standard InChI is InChI=1S/C23H20N2O3/c1-15(26)25-14-18-8-7-16(17-9-10-23(28-2)24-13-17)11-19(18)12-22(27)20-5-3-4-6-21(20)25/h3-11,13H,12,14H2,1-2H3. The summed E-state index contributed by atoms with van der Waals surface area (Å²) < 4.78 is 5.11. The van der Waals surface area contributed by atoms with E-state index in [4.69, 9.17) is 4.74 Å². The van der Waals surface area contributed by atoms with Crippen molar-refractivity contribution in [2.45, 2.75) is 19.9 Å². The number of anilines is 1. The number of benzene rings is 2. The number of hydrogen-bond donors (Lipinski definition) is 0. The van der Waals surface area contributed by atoms with Gasteiger partial charge in [-0.2, -0.15) is 0 Å². The van der Waals surface area contributed by atoms with Gasteiger partial charge >= 0.3 is 0 Å². The molecule has 1 aromatic heterocycles. The molecule has 1 aliphatic heterocycles. The highest BCUT2D eigenvalue weighted by Crippen LogP contribution is 2.31. The summed E-state index contributed by atoms with van der Waals surface area (Å²) in [7, 11) is 1.58. The number of para-hydroxylation sites is 1. The van der Waals surface area contributed by atoms with Crippen LogP contribution < -0.4 is 9.64 Å². The van der Waals surface area contributed by atoms with Crippen molar-refractivity contribution in [2.75, 3.05) is 12.0 Å². The SMILES string of the molecule is COc1ccc(-c2ccc3c(c2)CC(=O)c2ccccc2N(C(C)=O)C3)cn1. The number of ketones is 1. The molecule has 0 unspecified atom stereocenters. The van der Waals surface area contributed by atoms with Crippen molar-refractivity contribution in [2.24, 2.45) is 0 Å². The van der Waals surface area contributed by atoms with Crippen LogP contribution in [0.2, 0.25) is 0 Å². The highest BCUT2D eigenvalue weighted by Gasteiger charge is 2.24. The lowest BCUT2D eigenvalue weighted by Crippen LogP contribution is -2.31. The predicted molar refractivity (Wildman–Crippen MR) is 108 cm³/mol. The van der Waals surface area contributed by atoms with E-state index in [-0.39, 0.29) is 11.7 Å². The number of fused-ring (bicyclic) bond motifs is 2. The molecule has 2 heterocycles. The normalized spacial score (nSPS) is 13.2. The number of carbonyl (C=O) groups is 2. The number of amides is 1. The molecule has 3 aromatic rings. The van der Waals surface area contributed by atoms with Gasteiger partial charge in [-0.15, -0.1) is 0 Å². The first-order valence-electron chi connectivity index (χ1n) is 9.09. The number of Topliss-reactive ketones (excluding diaryl/α,β-unsaturated/α-hetero) is 1. The molecule has 1 aliphatic rings. The van der Waals surface area contributed by atoms with Crippen molar-refractivity contribution in [3.05, 3.63) is 77.5 Å². The summed E-state index contributed by atoms with van der Waals surface area (Å²) in [6, 6.07) is 17.1. The molecule has 0 bridgehead atoms. The Morgan fingerprint density at radius 2 is 1.82 bits per heavy atom. The number of rotatable bonds is 2. The second-order valence-corrected chi connectivity index (χ2v) is 6.79. The summed E-state index contributed by atoms with van der Waals surface area (Å²) in [5.74, 6) is 0.475. The molecule has 4 rings (SSSR count). The molecule has 5 nitrogen and oxygen atoms in total. The molecule has 0 fully saturated rings. The summed E-state index contributed by atoms with van der Waals surface area (Å²) in [5.41, 5.74) is 5.09. The maximum atomic E-state index is 13.0. The molecule has 2 aromatic carbocycles. The van der Waals surface area contributed by atoms with E-state index >= 15 is 0 Å². The number of pyridine rings is 1. The molecular formula is C23H20N2O3. The van der Waals surface area contributed by atoms with Crippen LogP contribution in [0.15, 0.2) is 60.8 Å². The summed E-state index contributed by atoms with van der Waals surface area (Å²) in [6.07, 6.45) is 2.05. The number of methoxy groups -OCH3 is 1. The summed E-state index contributed by atoms with van der Waals surface area (Å²) >= 11 is 0. The molecule has 28 heavy (non-hydrogen) atoms. The van der Waals surface area contributed by atoms with Gasteiger partial charge in [0.1, 0.15) is 0 Å². The highest BCUT2D eigenvalue weighted by molar-refractivity contribution is 6.06. The molecule has 0 N–H and O–H groups in total. The summed E-state index contributed by atoms with van der Waals surface area (Å²) in [4.78, 5) is 31.2. The van der Waals surface area contributed by atoms with Gasteiger partial charge in [0.05, 0.1) is 19.3 Å². The Hall–Kier alpha value is -3.47. The zero-order valence-corrected chi connectivity index (χ0v) is 15.8. The lowest BCUT2D eigenvalue weighted by molar-refractivity contribution is -0.116. The fraction of sp³-hybridized carbons (Fsp3) is 0.174. The molecule has 0 atom stereocenters. The van der Waals surface area contributed by atoms with Crippen molar-refractivity contribution in [1.82, 2.24) is 4.98 Å². The monoisotopic (exact) mass is 372 g/mol. The minimum atomic E-state index is -0.0865. The van der Waals surface area contributed by atoms with Crippen molar-refractivity contribution in [3.63, 3.8) is 0 Å². The molecule has 0 saturated carbocycles. The van der Waals surface area contributed by atoms with Gasteiger partial charge in [0.25, 0.3) is 0 Å². The van der Waals surface area contributed by atoms with E-state index in [0.717, 1.165) is 22.3 Å². The lowest BCUT2D eigenvalue weighted by Gasteiger charge is -2.27. The Morgan fingerprint density at radius 3 is 2.54 bits per heavy atom. The van der Waals surface area contributed by atoms with Gasteiger partial charge in [-0.05, 0) is 34.9 Å². The largest absolute Gasteiger partial charge is 0.481 e. The number of nitrogens with zero attached hydrogens (tertiary/aromatic N) is 2. The molecule has 0 radical (unpaired) electrons. The highest BCUT2D eigenvalue weighted by atomic mass is 16.5. The van der Waals surface area contributed by atoms with Crippen molar-refractivity contribution in [1.29, 1.82) is 0 Å². The summed E-state index contributed by atoms with van der Waals surface area (Å²) in [5, 5.41) is 0. The van der Waals surface area contributed by atoms with Crippen LogP contribution in [-0.4, -0.2) is 23.8 Å². The Labute approximate surface area is 163 Å². The van der Waals surface area contributed by atoms with Crippen molar-refractivity contribution >= 4 is 17.4 Å². The van der Waals surface area contributed by atoms with Crippen molar-refractivity contribution < 1.29 is 14.3 Å². The minimum absolute atomic E-state index is 0.00723. The maximum Gasteiger partial charge on any atom is 0.224 e. The third-order valence-electron chi connectivity index (χ3n) is 5.04. The molecule has 5 heteroatoms. The fourth-order valence-electron chi connectivity index (χ4n) is 3.55. The van der Waals surface area contributed by atoms with E-state index in [9.17, 15) is 9.59 Å². The van der Waals surface area contributed by atoms with Gasteiger partial charge < -0.3 is 9.64 Å². The zero-order chi connectivity index (χ0) is 19.7. The van der Waals surface area contributed by atoms with Crippen LogP contribution in [0.5, 0.6) is 5.88 Å². The fourth-order valence-corrected chi connectivity index (χ4v) is 3.55. The number of hydrogen-bond acceptors (Lipinski definition) is 4. The lowest BCUT2D eigenvalue weighted by atomic mass is 9.92. The number of carbonyl (C=O) groups excluding carboxylic acids is 2. The van der Waals surface area contributed by atoms with Gasteiger partial charge in [0.2, 0.25) is 11.8 Å². The average molecular weight is 372 g/mol. The summed E-state index contributed by atoms with van der Waals surface area (Å²) in [6.45, 7) is 1.97. The van der Waals surface area contributed by atoms with E-state index in [2.05, 4.69) is 4.98 Å². The van der Waals surface area contributed by atoms with Gasteiger partial charge in [-0.25, -0.2) is 4.98 Å². The van der Waals surface area contributed by atoms with Crippen LogP contribution in [0, 0.1) is 0 Å². The van der Waals surface area contributed by atoms with Gasteiger partial charge in [0, 0.05) is 36.7 Å². The van der Waals surface area contributed by atoms with E-state index in [1.807, 2.05) is 48.5 Å². The van der Waals surface area contributed by atoms with E-state index < -0.39 is 0 Å². The molecular weight excluding hydrogens is 352 g/mol. The van der Waals surface area contributed by atoms with Gasteiger partial charge in [0.15, 0.2) is 5.78 Å². The second kappa shape index (κ2) is 7.27. The van der Waals surface area contributed by atoms with Crippen LogP contribution in [0.3, 0.4) is 0 Å². The van der Waals surface area contributed by atoms with Gasteiger partial charge in [-0.1, -0.05) is 30.3 Å². The van der Waals surface area contributed by atoms with Crippen LogP contribution in [0.1, 0.15) is 28.4 Å². The molecule has 0 spiro atoms. The molecule has 140 valence electrons. The third-order valence-corrected chi connectivity index (χ3v) is 5.04. The molecule has 1 amide bonds. The van der Waals surface area contributed by atoms with Crippen LogP contribution in [-0.2, 0) is 17.8 Å². The predicted octanol–water partition coefficient (Wildman–Crippen LogP) is 4.05. The molecule has 0 saturated heterocycles. The Balaban J connectivity index is 1.77. The first-order chi connectivity index (χ1) is 13.6. The number of ether oxygens (including phenoxy) is 1. The van der Waals surface area contributed by atoms with E-state index in [1.165, 1.54) is 6.92 Å².